The van der Waals surface area contributed by atoms with Crippen LogP contribution in [-0.4, -0.2) is 28.1 Å². The van der Waals surface area contributed by atoms with Crippen LogP contribution in [0.25, 0.3) is 10.8 Å². The van der Waals surface area contributed by atoms with E-state index in [0.29, 0.717) is 17.6 Å². The number of aromatic nitrogens is 2. The third-order valence-electron chi connectivity index (χ3n) is 2.79. The summed E-state index contributed by atoms with van der Waals surface area (Å²) in [6.07, 6.45) is 0.868. The standard InChI is InChI=1S/C13H15BrN4O2/c14-6-3-7-15-13(20)16-8-11-9-4-1-2-5-10(9)12(19)18-17-11/h1-2,4-5H,3,6-8H2,(H,18,19)(H2,15,16,20). The number of benzene rings is 1. The van der Waals surface area contributed by atoms with Crippen LogP contribution in [0.3, 0.4) is 0 Å². The molecule has 0 saturated carbocycles. The van der Waals surface area contributed by atoms with Crippen molar-refractivity contribution in [2.75, 3.05) is 11.9 Å². The van der Waals surface area contributed by atoms with Crippen molar-refractivity contribution in [3.8, 4) is 0 Å². The number of carbonyl (C=O) groups excluding carboxylic acids is 1. The van der Waals surface area contributed by atoms with Crippen molar-refractivity contribution in [3.63, 3.8) is 0 Å². The number of aromatic amines is 1. The molecule has 106 valence electrons. The van der Waals surface area contributed by atoms with Gasteiger partial charge in [0.1, 0.15) is 0 Å². The van der Waals surface area contributed by atoms with Gasteiger partial charge in [-0.3, -0.25) is 4.79 Å². The number of alkyl halides is 1. The minimum atomic E-state index is -0.247. The van der Waals surface area contributed by atoms with E-state index < -0.39 is 0 Å². The molecule has 0 radical (unpaired) electrons. The lowest BCUT2D eigenvalue weighted by molar-refractivity contribution is 0.240. The molecular weight excluding hydrogens is 324 g/mol. The molecule has 2 aromatic rings. The van der Waals surface area contributed by atoms with E-state index in [2.05, 4.69) is 36.8 Å². The number of hydrogen-bond donors (Lipinski definition) is 3. The zero-order valence-electron chi connectivity index (χ0n) is 10.8. The number of rotatable bonds is 5. The Labute approximate surface area is 124 Å². The maximum atomic E-state index is 11.6. The largest absolute Gasteiger partial charge is 0.338 e. The van der Waals surface area contributed by atoms with Gasteiger partial charge >= 0.3 is 6.03 Å². The Balaban J connectivity index is 2.05. The van der Waals surface area contributed by atoms with Crippen LogP contribution < -0.4 is 16.2 Å². The summed E-state index contributed by atoms with van der Waals surface area (Å²) < 4.78 is 0. The zero-order chi connectivity index (χ0) is 14.4. The van der Waals surface area contributed by atoms with Gasteiger partial charge in [0.15, 0.2) is 0 Å². The van der Waals surface area contributed by atoms with Gasteiger partial charge in [0, 0.05) is 17.3 Å². The van der Waals surface area contributed by atoms with E-state index in [9.17, 15) is 9.59 Å². The fourth-order valence-electron chi connectivity index (χ4n) is 1.80. The summed E-state index contributed by atoms with van der Waals surface area (Å²) in [5.74, 6) is 0. The minimum absolute atomic E-state index is 0.230. The summed E-state index contributed by atoms with van der Waals surface area (Å²) in [7, 11) is 0. The Bertz CT molecular complexity index is 656. The Morgan fingerprint density at radius 3 is 2.75 bits per heavy atom. The first-order valence-corrected chi connectivity index (χ1v) is 7.38. The molecule has 0 fully saturated rings. The van der Waals surface area contributed by atoms with E-state index in [4.69, 9.17) is 0 Å². The molecule has 0 aliphatic rings. The van der Waals surface area contributed by atoms with Crippen molar-refractivity contribution < 1.29 is 4.79 Å². The smallest absolute Gasteiger partial charge is 0.315 e. The molecule has 0 aliphatic heterocycles. The van der Waals surface area contributed by atoms with E-state index in [1.165, 1.54) is 0 Å². The molecule has 0 unspecified atom stereocenters. The lowest BCUT2D eigenvalue weighted by Gasteiger charge is -2.08. The molecule has 2 rings (SSSR count). The summed E-state index contributed by atoms with van der Waals surface area (Å²) in [5.41, 5.74) is 0.405. The van der Waals surface area contributed by atoms with Crippen molar-refractivity contribution in [1.82, 2.24) is 20.8 Å². The van der Waals surface area contributed by atoms with Crippen molar-refractivity contribution in [1.29, 1.82) is 0 Å². The fraction of sp³-hybridized carbons (Fsp3) is 0.308. The second kappa shape index (κ2) is 7.04. The van der Waals surface area contributed by atoms with E-state index in [1.807, 2.05) is 12.1 Å². The molecule has 6 nitrogen and oxygen atoms in total. The molecule has 3 N–H and O–H groups in total. The summed E-state index contributed by atoms with van der Waals surface area (Å²) >= 11 is 3.29. The predicted molar refractivity (Wildman–Crippen MR) is 81.0 cm³/mol. The number of carbonyl (C=O) groups is 1. The van der Waals surface area contributed by atoms with Crippen LogP contribution in [0.4, 0.5) is 4.79 Å². The van der Waals surface area contributed by atoms with Gasteiger partial charge in [0.25, 0.3) is 5.56 Å². The highest BCUT2D eigenvalue weighted by Crippen LogP contribution is 2.11. The zero-order valence-corrected chi connectivity index (χ0v) is 12.4. The normalized spacial score (nSPS) is 10.4. The average molecular weight is 339 g/mol. The Morgan fingerprint density at radius 2 is 2.00 bits per heavy atom. The first kappa shape index (κ1) is 14.5. The third-order valence-corrected chi connectivity index (χ3v) is 3.35. The number of amides is 2. The molecule has 0 aliphatic carbocycles. The Kier molecular flexibility index (Phi) is 5.11. The SMILES string of the molecule is O=C(NCCCBr)NCc1n[nH]c(=O)c2ccccc12. The molecule has 0 bridgehead atoms. The molecule has 1 aromatic heterocycles. The number of nitrogens with zero attached hydrogens (tertiary/aromatic N) is 1. The molecule has 2 amide bonds. The topological polar surface area (TPSA) is 86.9 Å². The molecule has 1 aromatic carbocycles. The molecule has 0 spiro atoms. The first-order chi connectivity index (χ1) is 9.72. The number of nitrogens with one attached hydrogen (secondary N) is 3. The Morgan fingerprint density at radius 1 is 1.25 bits per heavy atom. The second-order valence-corrected chi connectivity index (χ2v) is 4.99. The monoisotopic (exact) mass is 338 g/mol. The first-order valence-electron chi connectivity index (χ1n) is 6.26. The van der Waals surface area contributed by atoms with Crippen LogP contribution in [0.1, 0.15) is 12.1 Å². The van der Waals surface area contributed by atoms with E-state index in [1.54, 1.807) is 12.1 Å². The van der Waals surface area contributed by atoms with E-state index >= 15 is 0 Å². The van der Waals surface area contributed by atoms with E-state index in [0.717, 1.165) is 17.1 Å². The Hall–Kier alpha value is -1.89. The van der Waals surface area contributed by atoms with Gasteiger partial charge in [0.05, 0.1) is 17.6 Å². The molecule has 20 heavy (non-hydrogen) atoms. The van der Waals surface area contributed by atoms with Gasteiger partial charge in [-0.1, -0.05) is 34.1 Å². The number of hydrogen-bond acceptors (Lipinski definition) is 3. The van der Waals surface area contributed by atoms with Crippen LogP contribution in [0, 0.1) is 0 Å². The summed E-state index contributed by atoms with van der Waals surface area (Å²) in [6.45, 7) is 0.869. The molecule has 0 saturated heterocycles. The van der Waals surface area contributed by atoms with Crippen LogP contribution in [0.2, 0.25) is 0 Å². The van der Waals surface area contributed by atoms with Gasteiger partial charge in [0.2, 0.25) is 0 Å². The summed E-state index contributed by atoms with van der Waals surface area (Å²) in [5, 5.41) is 14.0. The maximum Gasteiger partial charge on any atom is 0.315 e. The van der Waals surface area contributed by atoms with Crippen molar-refractivity contribution in [3.05, 3.63) is 40.3 Å². The summed E-state index contributed by atoms with van der Waals surface area (Å²) in [6, 6.07) is 6.93. The van der Waals surface area contributed by atoms with Crippen LogP contribution in [0.5, 0.6) is 0 Å². The molecule has 0 atom stereocenters. The number of H-pyrrole nitrogens is 1. The minimum Gasteiger partial charge on any atom is -0.338 e. The van der Waals surface area contributed by atoms with E-state index in [-0.39, 0.29) is 18.1 Å². The van der Waals surface area contributed by atoms with Crippen molar-refractivity contribution in [2.24, 2.45) is 0 Å². The summed E-state index contributed by atoms with van der Waals surface area (Å²) in [4.78, 5) is 23.2. The molecular formula is C13H15BrN4O2. The predicted octanol–water partition coefficient (Wildman–Crippen LogP) is 1.51. The van der Waals surface area contributed by atoms with Gasteiger partial charge in [-0.25, -0.2) is 9.89 Å². The number of urea groups is 1. The maximum absolute atomic E-state index is 11.6. The third kappa shape index (κ3) is 3.57. The quantitative estimate of drug-likeness (QED) is 0.570. The van der Waals surface area contributed by atoms with Gasteiger partial charge in [-0.05, 0) is 12.5 Å². The number of halogens is 1. The lowest BCUT2D eigenvalue weighted by Crippen LogP contribution is -2.36. The second-order valence-electron chi connectivity index (χ2n) is 4.20. The van der Waals surface area contributed by atoms with Crippen molar-refractivity contribution in [2.45, 2.75) is 13.0 Å². The molecule has 7 heteroatoms. The lowest BCUT2D eigenvalue weighted by atomic mass is 10.1. The van der Waals surface area contributed by atoms with Gasteiger partial charge in [-0.15, -0.1) is 0 Å². The van der Waals surface area contributed by atoms with Crippen LogP contribution in [-0.2, 0) is 6.54 Å². The fourth-order valence-corrected chi connectivity index (χ4v) is 2.08. The highest BCUT2D eigenvalue weighted by Gasteiger charge is 2.07. The van der Waals surface area contributed by atoms with Crippen molar-refractivity contribution >= 4 is 32.7 Å². The van der Waals surface area contributed by atoms with Gasteiger partial charge < -0.3 is 10.6 Å². The highest BCUT2D eigenvalue weighted by atomic mass is 79.9. The van der Waals surface area contributed by atoms with Crippen LogP contribution >= 0.6 is 15.9 Å². The average Bonchev–Trinajstić information content (AvgIpc) is 2.47. The van der Waals surface area contributed by atoms with Gasteiger partial charge in [-0.2, -0.15) is 5.10 Å². The molecule has 1 heterocycles. The highest BCUT2D eigenvalue weighted by molar-refractivity contribution is 9.09. The van der Waals surface area contributed by atoms with Crippen LogP contribution in [0.15, 0.2) is 29.1 Å². The number of fused-ring (bicyclic) bond motifs is 1.